The first-order valence-electron chi connectivity index (χ1n) is 6.16. The number of esters is 1. The number of hydrogen-bond donors (Lipinski definition) is 1. The minimum Gasteiger partial charge on any atom is -0.469 e. The molecular formula is C14H14F3NO2. The highest BCUT2D eigenvalue weighted by atomic mass is 19.4. The fourth-order valence-corrected chi connectivity index (χ4v) is 2.03. The van der Waals surface area contributed by atoms with E-state index in [1.54, 1.807) is 6.07 Å². The van der Waals surface area contributed by atoms with E-state index in [0.29, 0.717) is 30.2 Å². The van der Waals surface area contributed by atoms with E-state index in [0.717, 1.165) is 17.8 Å². The Bertz CT molecular complexity index is 616. The highest BCUT2D eigenvalue weighted by molar-refractivity contribution is 5.81. The van der Waals surface area contributed by atoms with Gasteiger partial charge in [0.2, 0.25) is 0 Å². The molecule has 0 unspecified atom stereocenters. The molecular weight excluding hydrogens is 271 g/mol. The first-order valence-corrected chi connectivity index (χ1v) is 6.16. The molecule has 2 aromatic rings. The van der Waals surface area contributed by atoms with E-state index in [2.05, 4.69) is 9.72 Å². The number of aromatic nitrogens is 1. The number of carbonyl (C=O) groups is 1. The van der Waals surface area contributed by atoms with Crippen molar-refractivity contribution in [2.24, 2.45) is 0 Å². The third-order valence-electron chi connectivity index (χ3n) is 3.06. The molecule has 0 radical (unpaired) electrons. The maximum atomic E-state index is 12.6. The largest absolute Gasteiger partial charge is 0.469 e. The van der Waals surface area contributed by atoms with Crippen molar-refractivity contribution >= 4 is 16.9 Å². The Hall–Kier alpha value is -1.98. The Kier molecular flexibility index (Phi) is 4.01. The summed E-state index contributed by atoms with van der Waals surface area (Å²) in [6.45, 7) is 0. The summed E-state index contributed by atoms with van der Waals surface area (Å²) in [5.74, 6) is -0.291. The zero-order chi connectivity index (χ0) is 14.8. The number of hydrogen-bond acceptors (Lipinski definition) is 2. The molecule has 1 aromatic heterocycles. The van der Waals surface area contributed by atoms with Crippen LogP contribution in [0, 0.1) is 0 Å². The predicted molar refractivity (Wildman–Crippen MR) is 68.3 cm³/mol. The molecule has 0 amide bonds. The summed E-state index contributed by atoms with van der Waals surface area (Å²) in [5, 5.41) is 0.521. The van der Waals surface area contributed by atoms with Crippen molar-refractivity contribution in [3.05, 3.63) is 35.5 Å². The van der Waals surface area contributed by atoms with Crippen LogP contribution in [0.4, 0.5) is 13.2 Å². The number of carbonyl (C=O) groups excluding carboxylic acids is 1. The van der Waals surface area contributed by atoms with Crippen molar-refractivity contribution in [2.75, 3.05) is 7.11 Å². The Morgan fingerprint density at radius 2 is 2.05 bits per heavy atom. The van der Waals surface area contributed by atoms with E-state index >= 15 is 0 Å². The van der Waals surface area contributed by atoms with Gasteiger partial charge in [-0.25, -0.2) is 0 Å². The van der Waals surface area contributed by atoms with Gasteiger partial charge in [0, 0.05) is 23.0 Å². The van der Waals surface area contributed by atoms with E-state index in [4.69, 9.17) is 0 Å². The lowest BCUT2D eigenvalue weighted by molar-refractivity contribution is -0.140. The molecule has 0 atom stereocenters. The number of ether oxygens (including phenoxy) is 1. The SMILES string of the molecule is COC(=O)CCCc1cc2cc(C(F)(F)F)ccc2[nH]1. The Morgan fingerprint density at radius 1 is 1.30 bits per heavy atom. The lowest BCUT2D eigenvalue weighted by Crippen LogP contribution is -2.03. The number of halogens is 3. The number of aromatic amines is 1. The molecule has 0 fully saturated rings. The van der Waals surface area contributed by atoms with Gasteiger partial charge in [-0.1, -0.05) is 0 Å². The summed E-state index contributed by atoms with van der Waals surface area (Å²) >= 11 is 0. The summed E-state index contributed by atoms with van der Waals surface area (Å²) in [5.41, 5.74) is 0.805. The monoisotopic (exact) mass is 285 g/mol. The van der Waals surface area contributed by atoms with Gasteiger partial charge in [0.25, 0.3) is 0 Å². The fourth-order valence-electron chi connectivity index (χ4n) is 2.03. The molecule has 2 rings (SSSR count). The molecule has 6 heteroatoms. The topological polar surface area (TPSA) is 42.1 Å². The number of fused-ring (bicyclic) bond motifs is 1. The highest BCUT2D eigenvalue weighted by Crippen LogP contribution is 2.31. The number of H-pyrrole nitrogens is 1. The molecule has 20 heavy (non-hydrogen) atoms. The van der Waals surface area contributed by atoms with Crippen LogP contribution in [0.25, 0.3) is 10.9 Å². The molecule has 0 aliphatic heterocycles. The molecule has 0 spiro atoms. The third-order valence-corrected chi connectivity index (χ3v) is 3.06. The number of benzene rings is 1. The molecule has 3 nitrogen and oxygen atoms in total. The average Bonchev–Trinajstić information content (AvgIpc) is 2.78. The van der Waals surface area contributed by atoms with Crippen molar-refractivity contribution in [3.63, 3.8) is 0 Å². The van der Waals surface area contributed by atoms with Crippen LogP contribution in [0.1, 0.15) is 24.1 Å². The summed E-state index contributed by atoms with van der Waals surface area (Å²) in [7, 11) is 1.32. The highest BCUT2D eigenvalue weighted by Gasteiger charge is 2.30. The van der Waals surface area contributed by atoms with Crippen molar-refractivity contribution < 1.29 is 22.7 Å². The Balaban J connectivity index is 2.11. The predicted octanol–water partition coefficient (Wildman–Crippen LogP) is 3.68. The molecule has 1 heterocycles. The van der Waals surface area contributed by atoms with Gasteiger partial charge in [-0.05, 0) is 37.1 Å². The van der Waals surface area contributed by atoms with Crippen molar-refractivity contribution in [1.29, 1.82) is 0 Å². The van der Waals surface area contributed by atoms with Gasteiger partial charge in [0.05, 0.1) is 12.7 Å². The average molecular weight is 285 g/mol. The van der Waals surface area contributed by atoms with Crippen molar-refractivity contribution in [2.45, 2.75) is 25.4 Å². The molecule has 108 valence electrons. The van der Waals surface area contributed by atoms with Gasteiger partial charge >= 0.3 is 12.1 Å². The minimum absolute atomic E-state index is 0.291. The van der Waals surface area contributed by atoms with Crippen molar-refractivity contribution in [3.8, 4) is 0 Å². The van der Waals surface area contributed by atoms with E-state index in [-0.39, 0.29) is 5.97 Å². The lowest BCUT2D eigenvalue weighted by Gasteiger charge is -2.05. The number of aryl methyl sites for hydroxylation is 1. The number of alkyl halides is 3. The second kappa shape index (κ2) is 5.56. The van der Waals surface area contributed by atoms with Gasteiger partial charge in [0.1, 0.15) is 0 Å². The number of nitrogens with one attached hydrogen (secondary N) is 1. The third kappa shape index (κ3) is 3.31. The summed E-state index contributed by atoms with van der Waals surface area (Å²) in [4.78, 5) is 14.0. The number of methoxy groups -OCH3 is 1. The van der Waals surface area contributed by atoms with E-state index in [1.165, 1.54) is 13.2 Å². The maximum Gasteiger partial charge on any atom is 0.416 e. The Labute approximate surface area is 113 Å². The summed E-state index contributed by atoms with van der Waals surface area (Å²) in [6, 6.07) is 5.27. The van der Waals surface area contributed by atoms with Gasteiger partial charge in [-0.3, -0.25) is 4.79 Å². The van der Waals surface area contributed by atoms with Crippen LogP contribution in [0.15, 0.2) is 24.3 Å². The van der Waals surface area contributed by atoms with Gasteiger partial charge < -0.3 is 9.72 Å². The van der Waals surface area contributed by atoms with Gasteiger partial charge in [0.15, 0.2) is 0 Å². The molecule has 0 saturated heterocycles. The molecule has 1 N–H and O–H groups in total. The molecule has 0 bridgehead atoms. The van der Waals surface area contributed by atoms with Gasteiger partial charge in [-0.15, -0.1) is 0 Å². The fraction of sp³-hybridized carbons (Fsp3) is 0.357. The second-order valence-corrected chi connectivity index (χ2v) is 4.52. The van der Waals surface area contributed by atoms with E-state index in [9.17, 15) is 18.0 Å². The Morgan fingerprint density at radius 3 is 2.70 bits per heavy atom. The van der Waals surface area contributed by atoms with Gasteiger partial charge in [-0.2, -0.15) is 13.2 Å². The number of rotatable bonds is 4. The van der Waals surface area contributed by atoms with Crippen LogP contribution in [0.5, 0.6) is 0 Å². The lowest BCUT2D eigenvalue weighted by atomic mass is 10.1. The maximum absolute atomic E-state index is 12.6. The zero-order valence-electron chi connectivity index (χ0n) is 10.9. The zero-order valence-corrected chi connectivity index (χ0v) is 10.9. The summed E-state index contributed by atoms with van der Waals surface area (Å²) in [6.07, 6.45) is -2.87. The summed E-state index contributed by atoms with van der Waals surface area (Å²) < 4.78 is 42.3. The quantitative estimate of drug-likeness (QED) is 0.871. The molecule has 0 aliphatic rings. The molecule has 1 aromatic carbocycles. The van der Waals surface area contributed by atoms with Crippen LogP contribution in [0.2, 0.25) is 0 Å². The van der Waals surface area contributed by atoms with Crippen LogP contribution >= 0.6 is 0 Å². The molecule has 0 saturated carbocycles. The standard InChI is InChI=1S/C14H14F3NO2/c1-20-13(19)4-2-3-11-8-9-7-10(14(15,16)17)5-6-12(9)18-11/h5-8,18H,2-4H2,1H3. The second-order valence-electron chi connectivity index (χ2n) is 4.52. The smallest absolute Gasteiger partial charge is 0.416 e. The normalized spacial score (nSPS) is 11.8. The first-order chi connectivity index (χ1) is 9.40. The molecule has 0 aliphatic carbocycles. The minimum atomic E-state index is -4.34. The van der Waals surface area contributed by atoms with Crippen LogP contribution in [-0.2, 0) is 22.1 Å². The first kappa shape index (κ1) is 14.4. The van der Waals surface area contributed by atoms with Crippen LogP contribution < -0.4 is 0 Å². The van der Waals surface area contributed by atoms with Crippen molar-refractivity contribution in [1.82, 2.24) is 4.98 Å². The van der Waals surface area contributed by atoms with E-state index in [1.807, 2.05) is 0 Å². The van der Waals surface area contributed by atoms with E-state index < -0.39 is 11.7 Å². The van der Waals surface area contributed by atoms with Crippen LogP contribution in [0.3, 0.4) is 0 Å². The van der Waals surface area contributed by atoms with Crippen LogP contribution in [-0.4, -0.2) is 18.1 Å².